The van der Waals surface area contributed by atoms with Crippen LogP contribution in [-0.2, 0) is 4.74 Å². The van der Waals surface area contributed by atoms with Gasteiger partial charge in [-0.05, 0) is 25.8 Å². The van der Waals surface area contributed by atoms with E-state index in [0.717, 1.165) is 32.2 Å². The molecule has 0 radical (unpaired) electrons. The fourth-order valence-electron chi connectivity index (χ4n) is 3.11. The van der Waals surface area contributed by atoms with Gasteiger partial charge < -0.3 is 15.4 Å². The van der Waals surface area contributed by atoms with E-state index >= 15 is 0 Å². The molecule has 1 aliphatic heterocycles. The smallest absolute Gasteiger partial charge is 0.0569 e. The van der Waals surface area contributed by atoms with Crippen LogP contribution in [0.5, 0.6) is 0 Å². The van der Waals surface area contributed by atoms with E-state index in [1.807, 2.05) is 0 Å². The minimum absolute atomic E-state index is 0.267. The number of ether oxygens (including phenoxy) is 1. The molecule has 3 heteroatoms. The Kier molecular flexibility index (Phi) is 4.22. The van der Waals surface area contributed by atoms with Gasteiger partial charge in [0.25, 0.3) is 0 Å². The lowest BCUT2D eigenvalue weighted by molar-refractivity contribution is -0.119. The number of nitrogens with zero attached hydrogens (tertiary/aromatic N) is 1. The van der Waals surface area contributed by atoms with Crippen LogP contribution in [0.15, 0.2) is 0 Å². The molecule has 0 spiro atoms. The van der Waals surface area contributed by atoms with Crippen molar-refractivity contribution in [1.29, 1.82) is 0 Å². The molecule has 0 amide bonds. The highest BCUT2D eigenvalue weighted by atomic mass is 16.5. The Hall–Kier alpha value is -0.120. The lowest BCUT2D eigenvalue weighted by Crippen LogP contribution is -2.55. The summed E-state index contributed by atoms with van der Waals surface area (Å²) in [5, 5.41) is 0. The quantitative estimate of drug-likeness (QED) is 0.771. The van der Waals surface area contributed by atoms with Gasteiger partial charge in [0.15, 0.2) is 0 Å². The topological polar surface area (TPSA) is 38.5 Å². The largest absolute Gasteiger partial charge is 0.380 e. The first-order chi connectivity index (χ1) is 7.74. The highest BCUT2D eigenvalue weighted by Gasteiger charge is 2.38. The first-order valence-electron chi connectivity index (χ1n) is 6.70. The summed E-state index contributed by atoms with van der Waals surface area (Å²) in [5.41, 5.74) is 6.11. The lowest BCUT2D eigenvalue weighted by Gasteiger charge is -2.43. The van der Waals surface area contributed by atoms with E-state index in [4.69, 9.17) is 10.5 Å². The van der Waals surface area contributed by atoms with Crippen molar-refractivity contribution < 1.29 is 4.74 Å². The number of rotatable bonds is 5. The molecule has 1 saturated heterocycles. The highest BCUT2D eigenvalue weighted by molar-refractivity contribution is 4.89. The van der Waals surface area contributed by atoms with Crippen LogP contribution in [0.25, 0.3) is 0 Å². The van der Waals surface area contributed by atoms with Gasteiger partial charge in [0.05, 0.1) is 13.2 Å². The Morgan fingerprint density at radius 1 is 1.25 bits per heavy atom. The first kappa shape index (κ1) is 12.3. The average molecular weight is 226 g/mol. The number of hydrogen-bond acceptors (Lipinski definition) is 3. The highest BCUT2D eigenvalue weighted by Crippen LogP contribution is 2.29. The lowest BCUT2D eigenvalue weighted by atomic mass is 9.84. The van der Waals surface area contributed by atoms with Crippen LogP contribution < -0.4 is 5.73 Å². The summed E-state index contributed by atoms with van der Waals surface area (Å²) in [4.78, 5) is 2.48. The van der Waals surface area contributed by atoms with Crippen LogP contribution in [0.3, 0.4) is 0 Å². The number of hydrogen-bond donors (Lipinski definition) is 1. The van der Waals surface area contributed by atoms with Crippen molar-refractivity contribution in [1.82, 2.24) is 4.90 Å². The second-order valence-electron chi connectivity index (χ2n) is 5.90. The molecule has 94 valence electrons. The van der Waals surface area contributed by atoms with Crippen LogP contribution in [0.2, 0.25) is 0 Å². The fraction of sp³-hybridized carbons (Fsp3) is 1.00. The van der Waals surface area contributed by atoms with Gasteiger partial charge in [0.1, 0.15) is 0 Å². The van der Waals surface area contributed by atoms with Gasteiger partial charge >= 0.3 is 0 Å². The molecule has 2 rings (SSSR count). The summed E-state index contributed by atoms with van der Waals surface area (Å²) >= 11 is 0. The summed E-state index contributed by atoms with van der Waals surface area (Å²) in [6.07, 6.45) is 7.17. The minimum atomic E-state index is 0.267. The van der Waals surface area contributed by atoms with Crippen LogP contribution in [0.4, 0.5) is 0 Å². The normalized spacial score (nSPS) is 25.7. The van der Waals surface area contributed by atoms with Gasteiger partial charge in [-0.15, -0.1) is 0 Å². The van der Waals surface area contributed by atoms with E-state index in [1.54, 1.807) is 0 Å². The average Bonchev–Trinajstić information content (AvgIpc) is 2.25. The summed E-state index contributed by atoms with van der Waals surface area (Å²) in [7, 11) is 2.24. The Bertz CT molecular complexity index is 204. The van der Waals surface area contributed by atoms with Crippen molar-refractivity contribution in [2.24, 2.45) is 17.1 Å². The Morgan fingerprint density at radius 2 is 1.94 bits per heavy atom. The molecule has 0 atom stereocenters. The second-order valence-corrected chi connectivity index (χ2v) is 5.90. The van der Waals surface area contributed by atoms with Crippen molar-refractivity contribution in [3.05, 3.63) is 0 Å². The summed E-state index contributed by atoms with van der Waals surface area (Å²) in [6.45, 7) is 4.85. The van der Waals surface area contributed by atoms with Crippen molar-refractivity contribution in [2.75, 3.05) is 39.9 Å². The van der Waals surface area contributed by atoms with Gasteiger partial charge in [0.2, 0.25) is 0 Å². The maximum Gasteiger partial charge on any atom is 0.0569 e. The third-order valence-electron chi connectivity index (χ3n) is 4.15. The third kappa shape index (κ3) is 2.96. The zero-order chi connectivity index (χ0) is 11.4. The molecular weight excluding hydrogens is 200 g/mol. The zero-order valence-corrected chi connectivity index (χ0v) is 10.6. The Balaban J connectivity index is 1.72. The molecule has 0 unspecified atom stereocenters. The predicted molar refractivity (Wildman–Crippen MR) is 66.4 cm³/mol. The molecule has 0 bridgehead atoms. The van der Waals surface area contributed by atoms with Gasteiger partial charge in [-0.1, -0.05) is 19.3 Å². The van der Waals surface area contributed by atoms with Crippen LogP contribution in [0, 0.1) is 11.3 Å². The fourth-order valence-corrected chi connectivity index (χ4v) is 3.11. The first-order valence-corrected chi connectivity index (χ1v) is 6.70. The molecular formula is C13H26N2O. The zero-order valence-electron chi connectivity index (χ0n) is 10.6. The maximum atomic E-state index is 5.84. The molecule has 2 aliphatic rings. The van der Waals surface area contributed by atoms with E-state index in [0.29, 0.717) is 0 Å². The van der Waals surface area contributed by atoms with Crippen LogP contribution >= 0.6 is 0 Å². The Morgan fingerprint density at radius 3 is 2.44 bits per heavy atom. The molecule has 0 aromatic carbocycles. The predicted octanol–water partition coefficient (Wildman–Crippen LogP) is 1.47. The SMILES string of the molecule is CN(CC1CCCCC1)CC1(CN)COC1. The molecule has 1 aliphatic carbocycles. The minimum Gasteiger partial charge on any atom is -0.380 e. The van der Waals surface area contributed by atoms with Gasteiger partial charge in [-0.25, -0.2) is 0 Å². The summed E-state index contributed by atoms with van der Waals surface area (Å²) in [5.74, 6) is 0.926. The van der Waals surface area contributed by atoms with Crippen LogP contribution in [-0.4, -0.2) is 44.8 Å². The standard InChI is InChI=1S/C13H26N2O/c1-15(7-12-5-3-2-4-6-12)9-13(8-14)10-16-11-13/h12H,2-11,14H2,1H3. The van der Waals surface area contributed by atoms with Crippen molar-refractivity contribution >= 4 is 0 Å². The molecule has 0 aromatic heterocycles. The summed E-state index contributed by atoms with van der Waals surface area (Å²) in [6, 6.07) is 0. The van der Waals surface area contributed by atoms with Crippen molar-refractivity contribution in [2.45, 2.75) is 32.1 Å². The van der Waals surface area contributed by atoms with Gasteiger partial charge in [-0.3, -0.25) is 0 Å². The third-order valence-corrected chi connectivity index (χ3v) is 4.15. The molecule has 16 heavy (non-hydrogen) atoms. The maximum absolute atomic E-state index is 5.84. The monoisotopic (exact) mass is 226 g/mol. The summed E-state index contributed by atoms with van der Waals surface area (Å²) < 4.78 is 5.31. The number of nitrogens with two attached hydrogens (primary N) is 1. The van der Waals surface area contributed by atoms with Crippen molar-refractivity contribution in [3.63, 3.8) is 0 Å². The molecule has 2 N–H and O–H groups in total. The van der Waals surface area contributed by atoms with Crippen molar-refractivity contribution in [3.8, 4) is 0 Å². The van der Waals surface area contributed by atoms with E-state index < -0.39 is 0 Å². The molecule has 3 nitrogen and oxygen atoms in total. The van der Waals surface area contributed by atoms with Gasteiger partial charge in [-0.2, -0.15) is 0 Å². The van der Waals surface area contributed by atoms with E-state index in [-0.39, 0.29) is 5.41 Å². The molecule has 0 aromatic rings. The second kappa shape index (κ2) is 5.48. The van der Waals surface area contributed by atoms with Gasteiger partial charge in [0, 0.05) is 25.0 Å². The Labute approximate surface area is 99.3 Å². The molecule has 1 heterocycles. The van der Waals surface area contributed by atoms with Crippen LogP contribution in [0.1, 0.15) is 32.1 Å². The molecule has 2 fully saturated rings. The molecule has 1 saturated carbocycles. The van der Waals surface area contributed by atoms with E-state index in [1.165, 1.54) is 38.6 Å². The van der Waals surface area contributed by atoms with E-state index in [9.17, 15) is 0 Å². The van der Waals surface area contributed by atoms with E-state index in [2.05, 4.69) is 11.9 Å².